The van der Waals surface area contributed by atoms with E-state index in [0.717, 1.165) is 5.56 Å². The summed E-state index contributed by atoms with van der Waals surface area (Å²) in [6, 6.07) is 1.81. The molecule has 0 saturated heterocycles. The molecule has 0 saturated carbocycles. The summed E-state index contributed by atoms with van der Waals surface area (Å²) in [4.78, 5) is 13.9. The van der Waals surface area contributed by atoms with Gasteiger partial charge in [0, 0.05) is 6.20 Å². The number of aryl methyl sites for hydroxylation is 1. The highest BCUT2D eigenvalue weighted by molar-refractivity contribution is 6.41. The smallest absolute Gasteiger partial charge is 0.358 e. The molecule has 14 heavy (non-hydrogen) atoms. The Labute approximate surface area is 88.6 Å². The van der Waals surface area contributed by atoms with Gasteiger partial charge in [-0.25, -0.2) is 4.79 Å². The van der Waals surface area contributed by atoms with Crippen LogP contribution in [0.15, 0.2) is 12.3 Å². The number of carbonyl (C=O) groups is 1. The molecule has 0 amide bonds. The van der Waals surface area contributed by atoms with Crippen molar-refractivity contribution in [1.29, 1.82) is 5.41 Å². The number of rotatable bonds is 3. The van der Waals surface area contributed by atoms with Crippen LogP contribution in [0.5, 0.6) is 0 Å². The van der Waals surface area contributed by atoms with Gasteiger partial charge in [0.25, 0.3) is 0 Å². The predicted molar refractivity (Wildman–Crippen MR) is 56.2 cm³/mol. The lowest BCUT2D eigenvalue weighted by Crippen LogP contribution is -2.18. The number of ether oxygens (including phenoxy) is 1. The van der Waals surface area contributed by atoms with Gasteiger partial charge in [0.2, 0.25) is 0 Å². The van der Waals surface area contributed by atoms with Crippen LogP contribution < -0.4 is 0 Å². The Hall–Kier alpha value is -1.29. The molecule has 4 nitrogen and oxygen atoms in total. The highest BCUT2D eigenvalue weighted by atomic mass is 35.5. The first kappa shape index (κ1) is 12.7. The average molecular weight is 217 g/mol. The van der Waals surface area contributed by atoms with Crippen molar-refractivity contribution < 1.29 is 9.53 Å². The van der Waals surface area contributed by atoms with Crippen LogP contribution in [0, 0.1) is 12.3 Å². The average Bonchev–Trinajstić information content (AvgIpc) is 2.50. The summed E-state index contributed by atoms with van der Waals surface area (Å²) in [5.41, 5.74) is 1.28. The van der Waals surface area contributed by atoms with Gasteiger partial charge in [0.1, 0.15) is 0 Å². The van der Waals surface area contributed by atoms with E-state index in [4.69, 9.17) is 10.1 Å². The van der Waals surface area contributed by atoms with E-state index >= 15 is 0 Å². The third kappa shape index (κ3) is 2.60. The number of carbonyl (C=O) groups excluding carboxylic acids is 1. The topological polar surface area (TPSA) is 65.9 Å². The lowest BCUT2D eigenvalue weighted by atomic mass is 10.2. The number of nitrogens with one attached hydrogen (secondary N) is 2. The van der Waals surface area contributed by atoms with Crippen LogP contribution >= 0.6 is 12.4 Å². The van der Waals surface area contributed by atoms with Crippen LogP contribution in [0.1, 0.15) is 18.2 Å². The zero-order chi connectivity index (χ0) is 9.84. The fourth-order valence-corrected chi connectivity index (χ4v) is 1.02. The van der Waals surface area contributed by atoms with Crippen LogP contribution in [-0.4, -0.2) is 23.3 Å². The van der Waals surface area contributed by atoms with Gasteiger partial charge in [-0.1, -0.05) is 0 Å². The molecule has 1 heterocycles. The number of halogens is 1. The van der Waals surface area contributed by atoms with E-state index < -0.39 is 5.97 Å². The van der Waals surface area contributed by atoms with Crippen LogP contribution in [0.4, 0.5) is 0 Å². The van der Waals surface area contributed by atoms with E-state index in [1.54, 1.807) is 13.1 Å². The standard InChI is InChI=1S/C9H12N2O2.ClH/c1-3-13-9(12)7(10)8-6(2)4-5-11-8;/h4-5,10-11H,3H2,1-2H3;1H. The summed E-state index contributed by atoms with van der Waals surface area (Å²) in [6.45, 7) is 3.84. The summed E-state index contributed by atoms with van der Waals surface area (Å²) in [5.74, 6) is -0.590. The second-order valence-electron chi connectivity index (χ2n) is 2.63. The second kappa shape index (κ2) is 5.44. The minimum Gasteiger partial charge on any atom is -0.461 e. The first-order valence-electron chi connectivity index (χ1n) is 4.06. The van der Waals surface area contributed by atoms with Gasteiger partial charge in [-0.3, -0.25) is 5.41 Å². The minimum absolute atomic E-state index is 0. The Morgan fingerprint density at radius 2 is 2.29 bits per heavy atom. The summed E-state index contributed by atoms with van der Waals surface area (Å²) < 4.78 is 4.70. The molecule has 0 aromatic carbocycles. The molecular weight excluding hydrogens is 204 g/mol. The fourth-order valence-electron chi connectivity index (χ4n) is 1.02. The molecule has 0 radical (unpaired) electrons. The lowest BCUT2D eigenvalue weighted by molar-refractivity contribution is -0.135. The Morgan fingerprint density at radius 3 is 2.71 bits per heavy atom. The van der Waals surface area contributed by atoms with E-state index in [1.165, 1.54) is 0 Å². The monoisotopic (exact) mass is 216 g/mol. The molecule has 1 aromatic rings. The highest BCUT2D eigenvalue weighted by Gasteiger charge is 2.15. The van der Waals surface area contributed by atoms with E-state index in [9.17, 15) is 4.79 Å². The first-order chi connectivity index (χ1) is 6.16. The molecule has 0 fully saturated rings. The maximum Gasteiger partial charge on any atom is 0.358 e. The molecule has 0 aliphatic rings. The largest absolute Gasteiger partial charge is 0.461 e. The van der Waals surface area contributed by atoms with Crippen molar-refractivity contribution in [3.8, 4) is 0 Å². The van der Waals surface area contributed by atoms with E-state index in [2.05, 4.69) is 4.98 Å². The fraction of sp³-hybridized carbons (Fsp3) is 0.333. The first-order valence-corrected chi connectivity index (χ1v) is 4.06. The van der Waals surface area contributed by atoms with E-state index in [1.807, 2.05) is 13.0 Å². The van der Waals surface area contributed by atoms with Crippen molar-refractivity contribution in [2.45, 2.75) is 13.8 Å². The molecule has 2 N–H and O–H groups in total. The zero-order valence-electron chi connectivity index (χ0n) is 8.09. The highest BCUT2D eigenvalue weighted by Crippen LogP contribution is 2.05. The summed E-state index contributed by atoms with van der Waals surface area (Å²) in [5, 5.41) is 7.49. The van der Waals surface area contributed by atoms with Crippen molar-refractivity contribution in [3.63, 3.8) is 0 Å². The van der Waals surface area contributed by atoms with Crippen molar-refractivity contribution in [2.75, 3.05) is 6.61 Å². The Morgan fingerprint density at radius 1 is 1.64 bits per heavy atom. The summed E-state index contributed by atoms with van der Waals surface area (Å²) in [7, 11) is 0. The Bertz CT molecular complexity index is 333. The number of hydrogen-bond donors (Lipinski definition) is 2. The van der Waals surface area contributed by atoms with Crippen LogP contribution in [0.2, 0.25) is 0 Å². The molecular formula is C9H13ClN2O2. The zero-order valence-corrected chi connectivity index (χ0v) is 8.90. The van der Waals surface area contributed by atoms with Gasteiger partial charge in [-0.15, -0.1) is 12.4 Å². The summed E-state index contributed by atoms with van der Waals surface area (Å²) in [6.07, 6.45) is 1.69. The SMILES string of the molecule is CCOC(=O)C(=N)c1[nH]ccc1C.Cl. The van der Waals surface area contributed by atoms with Gasteiger partial charge in [0.05, 0.1) is 12.3 Å². The molecule has 0 unspecified atom stereocenters. The van der Waals surface area contributed by atoms with E-state index in [0.29, 0.717) is 12.3 Å². The normalized spacial score (nSPS) is 9.00. The van der Waals surface area contributed by atoms with Crippen LogP contribution in [0.25, 0.3) is 0 Å². The van der Waals surface area contributed by atoms with Crippen molar-refractivity contribution >= 4 is 24.1 Å². The van der Waals surface area contributed by atoms with Gasteiger partial charge in [-0.05, 0) is 25.5 Å². The third-order valence-corrected chi connectivity index (χ3v) is 1.68. The van der Waals surface area contributed by atoms with Gasteiger partial charge in [0.15, 0.2) is 5.71 Å². The molecule has 5 heteroatoms. The molecule has 78 valence electrons. The van der Waals surface area contributed by atoms with Gasteiger partial charge >= 0.3 is 5.97 Å². The van der Waals surface area contributed by atoms with Crippen molar-refractivity contribution in [1.82, 2.24) is 4.98 Å². The summed E-state index contributed by atoms with van der Waals surface area (Å²) >= 11 is 0. The van der Waals surface area contributed by atoms with Crippen LogP contribution in [0.3, 0.4) is 0 Å². The number of aromatic nitrogens is 1. The number of H-pyrrole nitrogens is 1. The van der Waals surface area contributed by atoms with Crippen LogP contribution in [-0.2, 0) is 9.53 Å². The third-order valence-electron chi connectivity index (χ3n) is 1.68. The molecule has 0 aliphatic carbocycles. The lowest BCUT2D eigenvalue weighted by Gasteiger charge is -2.02. The second-order valence-corrected chi connectivity index (χ2v) is 2.63. The Kier molecular flexibility index (Phi) is 4.94. The van der Waals surface area contributed by atoms with E-state index in [-0.39, 0.29) is 18.1 Å². The maximum atomic E-state index is 11.1. The molecule has 1 aromatic heterocycles. The minimum atomic E-state index is -0.590. The van der Waals surface area contributed by atoms with Gasteiger partial charge < -0.3 is 9.72 Å². The number of aromatic amines is 1. The molecule has 1 rings (SSSR count). The number of esters is 1. The quantitative estimate of drug-likeness (QED) is 0.596. The predicted octanol–water partition coefficient (Wildman–Crippen LogP) is 1.68. The molecule has 0 atom stereocenters. The van der Waals surface area contributed by atoms with Crippen molar-refractivity contribution in [3.05, 3.63) is 23.5 Å². The molecule has 0 bridgehead atoms. The number of hydrogen-bond acceptors (Lipinski definition) is 3. The van der Waals surface area contributed by atoms with Crippen molar-refractivity contribution in [2.24, 2.45) is 0 Å². The molecule has 0 spiro atoms. The molecule has 0 aliphatic heterocycles. The maximum absolute atomic E-state index is 11.1. The Balaban J connectivity index is 0.00000169. The van der Waals surface area contributed by atoms with Gasteiger partial charge in [-0.2, -0.15) is 0 Å².